The smallest absolute Gasteiger partial charge is 0.226 e. The maximum absolute atomic E-state index is 5.29. The molecule has 0 saturated carbocycles. The quantitative estimate of drug-likeness (QED) is 0.816. The lowest BCUT2D eigenvalue weighted by molar-refractivity contribution is 0.243. The fraction of sp³-hybridized carbons (Fsp3) is 0.857. The number of nitrogens with zero attached hydrogens (tertiary/aromatic N) is 3. The van der Waals surface area contributed by atoms with Crippen LogP contribution in [0.2, 0.25) is 0 Å². The molecule has 0 aliphatic carbocycles. The molecule has 1 aliphatic rings. The second-order valence-electron chi connectivity index (χ2n) is 5.82. The van der Waals surface area contributed by atoms with Gasteiger partial charge in [-0.05, 0) is 31.8 Å². The van der Waals surface area contributed by atoms with E-state index in [1.807, 2.05) is 0 Å². The van der Waals surface area contributed by atoms with Gasteiger partial charge in [0.05, 0.1) is 6.54 Å². The van der Waals surface area contributed by atoms with Crippen LogP contribution >= 0.6 is 0 Å². The van der Waals surface area contributed by atoms with Crippen molar-refractivity contribution in [2.75, 3.05) is 19.6 Å². The van der Waals surface area contributed by atoms with Crippen molar-refractivity contribution in [3.8, 4) is 0 Å². The van der Waals surface area contributed by atoms with Crippen molar-refractivity contribution >= 4 is 0 Å². The minimum atomic E-state index is 0.554. The Bertz CT molecular complexity index is 371. The zero-order valence-corrected chi connectivity index (χ0v) is 12.4. The molecule has 2 heterocycles. The van der Waals surface area contributed by atoms with Gasteiger partial charge in [0.25, 0.3) is 0 Å². The molecule has 0 aromatic carbocycles. The largest absolute Gasteiger partial charge is 0.339 e. The minimum Gasteiger partial charge on any atom is -0.339 e. The predicted octanol–water partition coefficient (Wildman–Crippen LogP) is 1.84. The molecule has 1 N–H and O–H groups in total. The van der Waals surface area contributed by atoms with E-state index in [0.29, 0.717) is 12.0 Å². The first-order chi connectivity index (χ1) is 9.17. The van der Waals surface area contributed by atoms with E-state index in [1.165, 1.54) is 12.8 Å². The van der Waals surface area contributed by atoms with Crippen LogP contribution in [0.1, 0.15) is 45.3 Å². The van der Waals surface area contributed by atoms with Crippen LogP contribution in [-0.2, 0) is 13.0 Å². The third-order valence-corrected chi connectivity index (χ3v) is 3.55. The predicted molar refractivity (Wildman–Crippen MR) is 74.8 cm³/mol. The first-order valence-corrected chi connectivity index (χ1v) is 7.44. The number of rotatable bonds is 7. The number of hydrogen-bond acceptors (Lipinski definition) is 5. The van der Waals surface area contributed by atoms with E-state index in [-0.39, 0.29) is 0 Å². The lowest BCUT2D eigenvalue weighted by Gasteiger charge is -2.22. The van der Waals surface area contributed by atoms with Crippen LogP contribution in [-0.4, -0.2) is 40.7 Å². The summed E-state index contributed by atoms with van der Waals surface area (Å²) in [5.74, 6) is 2.13. The molecule has 1 aliphatic heterocycles. The fourth-order valence-electron chi connectivity index (χ4n) is 2.52. The van der Waals surface area contributed by atoms with Gasteiger partial charge in [-0.25, -0.2) is 0 Å². The zero-order chi connectivity index (χ0) is 13.7. The number of hydrogen-bond donors (Lipinski definition) is 1. The Morgan fingerprint density at radius 2 is 2.32 bits per heavy atom. The molecule has 0 spiro atoms. The zero-order valence-electron chi connectivity index (χ0n) is 12.4. The summed E-state index contributed by atoms with van der Waals surface area (Å²) in [6.45, 7) is 10.5. The molecule has 1 aromatic heterocycles. The maximum Gasteiger partial charge on any atom is 0.226 e. The monoisotopic (exact) mass is 266 g/mol. The van der Waals surface area contributed by atoms with Crippen LogP contribution in [0.3, 0.4) is 0 Å². The highest BCUT2D eigenvalue weighted by Crippen LogP contribution is 2.10. The number of aromatic nitrogens is 2. The molecule has 1 fully saturated rings. The Morgan fingerprint density at radius 1 is 1.47 bits per heavy atom. The van der Waals surface area contributed by atoms with Gasteiger partial charge >= 0.3 is 0 Å². The van der Waals surface area contributed by atoms with E-state index in [0.717, 1.165) is 44.3 Å². The standard InChI is InChI=1S/C14H26N4O/c1-4-18(9-12-6-5-7-15-12)10-13-16-14(19-17-13)8-11(2)3/h11-12,15H,4-10H2,1-3H3. The lowest BCUT2D eigenvalue weighted by atomic mass is 10.1. The molecule has 19 heavy (non-hydrogen) atoms. The van der Waals surface area contributed by atoms with Gasteiger partial charge in [0, 0.05) is 19.0 Å². The molecule has 5 heteroatoms. The first kappa shape index (κ1) is 14.5. The van der Waals surface area contributed by atoms with Crippen LogP contribution in [0.25, 0.3) is 0 Å². The summed E-state index contributed by atoms with van der Waals surface area (Å²) < 4.78 is 5.29. The summed E-state index contributed by atoms with van der Waals surface area (Å²) >= 11 is 0. The summed E-state index contributed by atoms with van der Waals surface area (Å²) in [5, 5.41) is 7.62. The van der Waals surface area contributed by atoms with Crippen LogP contribution in [0.4, 0.5) is 0 Å². The van der Waals surface area contributed by atoms with Gasteiger partial charge in [0.15, 0.2) is 5.82 Å². The highest BCUT2D eigenvalue weighted by molar-refractivity contribution is 4.88. The third-order valence-electron chi connectivity index (χ3n) is 3.55. The molecule has 1 atom stereocenters. The second kappa shape index (κ2) is 7.01. The Morgan fingerprint density at radius 3 is 2.95 bits per heavy atom. The minimum absolute atomic E-state index is 0.554. The van der Waals surface area contributed by atoms with E-state index >= 15 is 0 Å². The molecule has 2 rings (SSSR count). The first-order valence-electron chi connectivity index (χ1n) is 7.44. The van der Waals surface area contributed by atoms with Crippen molar-refractivity contribution in [2.45, 2.75) is 52.6 Å². The summed E-state index contributed by atoms with van der Waals surface area (Å²) in [5.41, 5.74) is 0. The molecule has 108 valence electrons. The van der Waals surface area contributed by atoms with Gasteiger partial charge in [-0.1, -0.05) is 25.9 Å². The van der Waals surface area contributed by atoms with Crippen molar-refractivity contribution in [1.29, 1.82) is 0 Å². The summed E-state index contributed by atoms with van der Waals surface area (Å²) in [4.78, 5) is 6.85. The summed E-state index contributed by atoms with van der Waals surface area (Å²) in [6.07, 6.45) is 3.44. The van der Waals surface area contributed by atoms with Crippen molar-refractivity contribution in [2.24, 2.45) is 5.92 Å². The van der Waals surface area contributed by atoms with E-state index < -0.39 is 0 Å². The van der Waals surface area contributed by atoms with E-state index in [2.05, 4.69) is 41.1 Å². The number of nitrogens with one attached hydrogen (secondary N) is 1. The Labute approximate surface area is 115 Å². The molecule has 1 unspecified atom stereocenters. The Balaban J connectivity index is 1.84. The van der Waals surface area contributed by atoms with Crippen LogP contribution in [0, 0.1) is 5.92 Å². The van der Waals surface area contributed by atoms with Gasteiger partial charge in [0.2, 0.25) is 5.89 Å². The van der Waals surface area contributed by atoms with Gasteiger partial charge in [-0.3, -0.25) is 4.90 Å². The van der Waals surface area contributed by atoms with E-state index in [1.54, 1.807) is 0 Å². The Hall–Kier alpha value is -0.940. The highest BCUT2D eigenvalue weighted by atomic mass is 16.5. The molecule has 5 nitrogen and oxygen atoms in total. The molecule has 0 radical (unpaired) electrons. The molecule has 0 amide bonds. The second-order valence-corrected chi connectivity index (χ2v) is 5.82. The average Bonchev–Trinajstić information content (AvgIpc) is 3.00. The molecular weight excluding hydrogens is 240 g/mol. The lowest BCUT2D eigenvalue weighted by Crippen LogP contribution is -2.37. The maximum atomic E-state index is 5.29. The molecule has 1 aromatic rings. The van der Waals surface area contributed by atoms with Crippen molar-refractivity contribution in [3.05, 3.63) is 11.7 Å². The fourth-order valence-corrected chi connectivity index (χ4v) is 2.52. The van der Waals surface area contributed by atoms with E-state index in [9.17, 15) is 0 Å². The van der Waals surface area contributed by atoms with Gasteiger partial charge in [0.1, 0.15) is 0 Å². The molecule has 0 bridgehead atoms. The van der Waals surface area contributed by atoms with Crippen molar-refractivity contribution in [1.82, 2.24) is 20.4 Å². The van der Waals surface area contributed by atoms with Crippen LogP contribution in [0.5, 0.6) is 0 Å². The third kappa shape index (κ3) is 4.58. The van der Waals surface area contributed by atoms with Crippen LogP contribution in [0.15, 0.2) is 4.52 Å². The Kier molecular flexibility index (Phi) is 5.34. The average molecular weight is 266 g/mol. The van der Waals surface area contributed by atoms with Crippen LogP contribution < -0.4 is 5.32 Å². The normalized spacial score (nSPS) is 19.7. The van der Waals surface area contributed by atoms with Crippen molar-refractivity contribution < 1.29 is 4.52 Å². The topological polar surface area (TPSA) is 54.2 Å². The number of likely N-dealkylation sites (N-methyl/N-ethyl adjacent to an activating group) is 1. The molecule has 1 saturated heterocycles. The SMILES string of the molecule is CCN(Cc1noc(CC(C)C)n1)CC1CCCN1. The van der Waals surface area contributed by atoms with Gasteiger partial charge in [-0.15, -0.1) is 0 Å². The molecular formula is C14H26N4O. The van der Waals surface area contributed by atoms with E-state index in [4.69, 9.17) is 4.52 Å². The van der Waals surface area contributed by atoms with Gasteiger partial charge < -0.3 is 9.84 Å². The van der Waals surface area contributed by atoms with Gasteiger partial charge in [-0.2, -0.15) is 4.98 Å². The summed E-state index contributed by atoms with van der Waals surface area (Å²) in [7, 11) is 0. The summed E-state index contributed by atoms with van der Waals surface area (Å²) in [6, 6.07) is 0.627. The van der Waals surface area contributed by atoms with Crippen molar-refractivity contribution in [3.63, 3.8) is 0 Å². The highest BCUT2D eigenvalue weighted by Gasteiger charge is 2.18.